The molecule has 4 heteroatoms. The first-order chi connectivity index (χ1) is 6.26. The molecule has 2 N–H and O–H groups in total. The van der Waals surface area contributed by atoms with Gasteiger partial charge >= 0.3 is 5.97 Å². The van der Waals surface area contributed by atoms with Crippen molar-refractivity contribution >= 4 is 5.97 Å². The van der Waals surface area contributed by atoms with E-state index in [-0.39, 0.29) is 5.97 Å². The molecule has 1 fully saturated rings. The summed E-state index contributed by atoms with van der Waals surface area (Å²) < 4.78 is 4.61. The molecule has 76 valence electrons. The molecule has 0 spiro atoms. The fourth-order valence-corrected chi connectivity index (χ4v) is 1.73. The van der Waals surface area contributed by atoms with E-state index >= 15 is 0 Å². The number of methoxy groups -OCH3 is 1. The van der Waals surface area contributed by atoms with E-state index in [4.69, 9.17) is 5.73 Å². The maximum atomic E-state index is 11.0. The number of nitrogens with zero attached hydrogens (tertiary/aromatic N) is 1. The van der Waals surface area contributed by atoms with Crippen LogP contribution in [0.5, 0.6) is 0 Å². The van der Waals surface area contributed by atoms with Crippen molar-refractivity contribution < 1.29 is 9.53 Å². The Morgan fingerprint density at radius 2 is 2.46 bits per heavy atom. The fourth-order valence-electron chi connectivity index (χ4n) is 1.73. The number of hydrogen-bond acceptors (Lipinski definition) is 4. The third kappa shape index (κ3) is 3.32. The summed E-state index contributed by atoms with van der Waals surface area (Å²) in [4.78, 5) is 13.1. The van der Waals surface area contributed by atoms with E-state index in [0.717, 1.165) is 26.1 Å². The summed E-state index contributed by atoms with van der Waals surface area (Å²) >= 11 is 0. The van der Waals surface area contributed by atoms with Gasteiger partial charge in [0.15, 0.2) is 0 Å². The van der Waals surface area contributed by atoms with Crippen LogP contribution in [0.4, 0.5) is 0 Å². The molecule has 1 atom stereocenters. The minimum Gasteiger partial charge on any atom is -0.468 e. The highest BCUT2D eigenvalue weighted by Gasteiger charge is 2.20. The third-order valence-corrected chi connectivity index (χ3v) is 2.52. The van der Waals surface area contributed by atoms with E-state index in [9.17, 15) is 4.79 Å². The highest BCUT2D eigenvalue weighted by molar-refractivity contribution is 5.71. The zero-order valence-electron chi connectivity index (χ0n) is 8.16. The van der Waals surface area contributed by atoms with Gasteiger partial charge < -0.3 is 10.5 Å². The molecule has 4 nitrogen and oxygen atoms in total. The number of esters is 1. The fraction of sp³-hybridized carbons (Fsp3) is 0.889. The zero-order valence-corrected chi connectivity index (χ0v) is 8.16. The largest absolute Gasteiger partial charge is 0.468 e. The summed E-state index contributed by atoms with van der Waals surface area (Å²) in [7, 11) is 1.42. The lowest BCUT2D eigenvalue weighted by Gasteiger charge is -2.30. The van der Waals surface area contributed by atoms with Crippen LogP contribution in [-0.4, -0.2) is 44.2 Å². The van der Waals surface area contributed by atoms with Crippen molar-refractivity contribution in [2.24, 2.45) is 11.7 Å². The van der Waals surface area contributed by atoms with Crippen LogP contribution in [0.15, 0.2) is 0 Å². The Balaban J connectivity index is 2.29. The van der Waals surface area contributed by atoms with Crippen LogP contribution in [0, 0.1) is 5.92 Å². The second-order valence-corrected chi connectivity index (χ2v) is 3.56. The topological polar surface area (TPSA) is 55.6 Å². The van der Waals surface area contributed by atoms with Crippen LogP contribution >= 0.6 is 0 Å². The molecule has 0 bridgehead atoms. The van der Waals surface area contributed by atoms with Crippen LogP contribution in [-0.2, 0) is 9.53 Å². The van der Waals surface area contributed by atoms with Crippen LogP contribution in [0.3, 0.4) is 0 Å². The first-order valence-corrected chi connectivity index (χ1v) is 4.75. The van der Waals surface area contributed by atoms with Crippen LogP contribution < -0.4 is 5.73 Å². The van der Waals surface area contributed by atoms with E-state index < -0.39 is 0 Å². The second-order valence-electron chi connectivity index (χ2n) is 3.56. The second kappa shape index (κ2) is 5.19. The van der Waals surface area contributed by atoms with Gasteiger partial charge in [-0.2, -0.15) is 0 Å². The summed E-state index contributed by atoms with van der Waals surface area (Å²) in [6.45, 7) is 3.06. The third-order valence-electron chi connectivity index (χ3n) is 2.52. The number of nitrogens with two attached hydrogens (primary N) is 1. The minimum absolute atomic E-state index is 0.155. The molecule has 0 aliphatic carbocycles. The number of rotatable bonds is 3. The lowest BCUT2D eigenvalue weighted by molar-refractivity contribution is -0.142. The number of carbonyl (C=O) groups is 1. The molecule has 1 aliphatic heterocycles. The average molecular weight is 186 g/mol. The highest BCUT2D eigenvalue weighted by Crippen LogP contribution is 2.14. The summed E-state index contributed by atoms with van der Waals surface area (Å²) in [5.41, 5.74) is 5.59. The molecule has 1 rings (SSSR count). The van der Waals surface area contributed by atoms with Gasteiger partial charge in [-0.05, 0) is 31.8 Å². The zero-order chi connectivity index (χ0) is 9.68. The van der Waals surface area contributed by atoms with Crippen molar-refractivity contribution in [3.63, 3.8) is 0 Å². The normalized spacial score (nSPS) is 24.3. The van der Waals surface area contributed by atoms with E-state index in [1.807, 2.05) is 0 Å². The lowest BCUT2D eigenvalue weighted by Crippen LogP contribution is -2.41. The molecule has 0 radical (unpaired) electrons. The van der Waals surface area contributed by atoms with Crippen molar-refractivity contribution in [1.29, 1.82) is 0 Å². The Morgan fingerprint density at radius 3 is 3.08 bits per heavy atom. The molecule has 0 unspecified atom stereocenters. The Hall–Kier alpha value is -0.610. The standard InChI is InChI=1S/C9H18N2O2/c1-13-9(12)7-11-4-2-3-8(5-10)6-11/h8H,2-7,10H2,1H3/t8-/m1/s1. The van der Waals surface area contributed by atoms with Crippen molar-refractivity contribution in [2.75, 3.05) is 33.3 Å². The van der Waals surface area contributed by atoms with E-state index in [2.05, 4.69) is 9.64 Å². The Kier molecular flexibility index (Phi) is 4.18. The lowest BCUT2D eigenvalue weighted by atomic mass is 9.98. The SMILES string of the molecule is COC(=O)CN1CCC[C@H](CN)C1. The first kappa shape index (κ1) is 10.5. The summed E-state index contributed by atoms with van der Waals surface area (Å²) in [5, 5.41) is 0. The first-order valence-electron chi connectivity index (χ1n) is 4.75. The molecule has 0 aromatic carbocycles. The molecule has 0 saturated carbocycles. The number of hydrogen-bond donors (Lipinski definition) is 1. The van der Waals surface area contributed by atoms with Gasteiger partial charge in [0.05, 0.1) is 13.7 Å². The number of likely N-dealkylation sites (tertiary alicyclic amines) is 1. The van der Waals surface area contributed by atoms with Crippen molar-refractivity contribution in [2.45, 2.75) is 12.8 Å². The monoisotopic (exact) mass is 186 g/mol. The molecule has 1 saturated heterocycles. The van der Waals surface area contributed by atoms with Crippen molar-refractivity contribution in [1.82, 2.24) is 4.90 Å². The van der Waals surface area contributed by atoms with Gasteiger partial charge in [0.1, 0.15) is 0 Å². The molecule has 0 amide bonds. The molecular weight excluding hydrogens is 168 g/mol. The van der Waals surface area contributed by atoms with Gasteiger partial charge in [-0.25, -0.2) is 0 Å². The minimum atomic E-state index is -0.155. The predicted molar refractivity (Wildman–Crippen MR) is 50.2 cm³/mol. The van der Waals surface area contributed by atoms with E-state index in [1.165, 1.54) is 13.5 Å². The summed E-state index contributed by atoms with van der Waals surface area (Å²) in [5.74, 6) is 0.399. The number of ether oxygens (including phenoxy) is 1. The molecular formula is C9H18N2O2. The summed E-state index contributed by atoms with van der Waals surface area (Å²) in [6, 6.07) is 0. The van der Waals surface area contributed by atoms with E-state index in [1.54, 1.807) is 0 Å². The number of piperidine rings is 1. The van der Waals surface area contributed by atoms with Gasteiger partial charge in [-0.1, -0.05) is 0 Å². The smallest absolute Gasteiger partial charge is 0.319 e. The molecule has 0 aromatic heterocycles. The molecule has 1 aliphatic rings. The van der Waals surface area contributed by atoms with Crippen molar-refractivity contribution in [3.05, 3.63) is 0 Å². The Bertz CT molecular complexity index is 173. The van der Waals surface area contributed by atoms with Crippen molar-refractivity contribution in [3.8, 4) is 0 Å². The van der Waals surface area contributed by atoms with E-state index in [0.29, 0.717) is 12.5 Å². The van der Waals surface area contributed by atoms with Crippen LogP contribution in [0.2, 0.25) is 0 Å². The quantitative estimate of drug-likeness (QED) is 0.622. The predicted octanol–water partition coefficient (Wildman–Crippen LogP) is -0.170. The van der Waals surface area contributed by atoms with Gasteiger partial charge in [-0.15, -0.1) is 0 Å². The van der Waals surface area contributed by atoms with Crippen LogP contribution in [0.1, 0.15) is 12.8 Å². The van der Waals surface area contributed by atoms with Gasteiger partial charge in [0.25, 0.3) is 0 Å². The van der Waals surface area contributed by atoms with Gasteiger partial charge in [0, 0.05) is 6.54 Å². The highest BCUT2D eigenvalue weighted by atomic mass is 16.5. The molecule has 13 heavy (non-hydrogen) atoms. The Labute approximate surface area is 79.0 Å². The Morgan fingerprint density at radius 1 is 1.69 bits per heavy atom. The van der Waals surface area contributed by atoms with Gasteiger partial charge in [0.2, 0.25) is 0 Å². The van der Waals surface area contributed by atoms with Gasteiger partial charge in [-0.3, -0.25) is 9.69 Å². The molecule has 1 heterocycles. The van der Waals surface area contributed by atoms with Crippen LogP contribution in [0.25, 0.3) is 0 Å². The number of carbonyl (C=O) groups excluding carboxylic acids is 1. The average Bonchev–Trinajstić information content (AvgIpc) is 2.18. The molecule has 0 aromatic rings. The maximum Gasteiger partial charge on any atom is 0.319 e. The summed E-state index contributed by atoms with van der Waals surface area (Å²) in [6.07, 6.45) is 2.33. The maximum absolute atomic E-state index is 11.0.